The van der Waals surface area contributed by atoms with Crippen LogP contribution < -0.4 is 10.6 Å². The Hall–Kier alpha value is -1.33. The van der Waals surface area contributed by atoms with Crippen molar-refractivity contribution in [2.45, 2.75) is 27.3 Å². The van der Waals surface area contributed by atoms with E-state index in [1.807, 2.05) is 32.0 Å². The van der Waals surface area contributed by atoms with Crippen molar-refractivity contribution in [1.82, 2.24) is 5.32 Å². The van der Waals surface area contributed by atoms with Gasteiger partial charge in [-0.1, -0.05) is 0 Å². The maximum atomic E-state index is 11.8. The van der Waals surface area contributed by atoms with Gasteiger partial charge in [0.1, 0.15) is 0 Å². The van der Waals surface area contributed by atoms with Gasteiger partial charge in [-0.15, -0.1) is 11.3 Å². The highest BCUT2D eigenvalue weighted by Crippen LogP contribution is 2.27. The Kier molecular flexibility index (Phi) is 5.42. The minimum Gasteiger partial charge on any atom is -0.380 e. The lowest BCUT2D eigenvalue weighted by Gasteiger charge is -2.10. The standard InChI is InChI=1S/C16H19BrN2OS/c1-4-18-16(20)12-5-6-15(10(2)7-12)19-9-13-8-14(17)11(3)21-13/h5-8,19H,4,9H2,1-3H3,(H,18,20). The van der Waals surface area contributed by atoms with E-state index in [2.05, 4.69) is 39.6 Å². The van der Waals surface area contributed by atoms with Gasteiger partial charge in [0.05, 0.1) is 0 Å². The molecule has 2 aromatic rings. The van der Waals surface area contributed by atoms with Crippen molar-refractivity contribution in [2.24, 2.45) is 0 Å². The van der Waals surface area contributed by atoms with E-state index in [4.69, 9.17) is 0 Å². The van der Waals surface area contributed by atoms with Crippen LogP contribution >= 0.6 is 27.3 Å². The summed E-state index contributed by atoms with van der Waals surface area (Å²) in [6, 6.07) is 7.89. The van der Waals surface area contributed by atoms with Crippen LogP contribution in [0.1, 0.15) is 32.6 Å². The molecule has 0 spiro atoms. The van der Waals surface area contributed by atoms with Gasteiger partial charge in [-0.3, -0.25) is 4.79 Å². The molecule has 21 heavy (non-hydrogen) atoms. The molecule has 0 bridgehead atoms. The molecule has 0 aliphatic heterocycles. The van der Waals surface area contributed by atoms with Gasteiger partial charge in [-0.25, -0.2) is 0 Å². The molecule has 0 fully saturated rings. The van der Waals surface area contributed by atoms with Gasteiger partial charge >= 0.3 is 0 Å². The molecule has 0 aliphatic rings. The summed E-state index contributed by atoms with van der Waals surface area (Å²) in [5.74, 6) is -0.0232. The average molecular weight is 367 g/mol. The predicted octanol–water partition coefficient (Wildman–Crippen LogP) is 4.49. The number of rotatable bonds is 5. The Balaban J connectivity index is 2.05. The number of aryl methyl sites for hydroxylation is 2. The van der Waals surface area contributed by atoms with Crippen LogP contribution in [-0.4, -0.2) is 12.5 Å². The van der Waals surface area contributed by atoms with Crippen LogP contribution in [0.5, 0.6) is 0 Å². The highest BCUT2D eigenvalue weighted by molar-refractivity contribution is 9.10. The number of hydrogen-bond acceptors (Lipinski definition) is 3. The summed E-state index contributed by atoms with van der Waals surface area (Å²) >= 11 is 5.32. The van der Waals surface area contributed by atoms with Crippen LogP contribution in [-0.2, 0) is 6.54 Å². The Morgan fingerprint density at radius 3 is 2.62 bits per heavy atom. The molecule has 0 saturated carbocycles. The molecule has 1 heterocycles. The molecule has 0 radical (unpaired) electrons. The second-order valence-corrected chi connectivity index (χ2v) is 7.05. The quantitative estimate of drug-likeness (QED) is 0.818. The van der Waals surface area contributed by atoms with Crippen LogP contribution in [0.3, 0.4) is 0 Å². The first-order valence-electron chi connectivity index (χ1n) is 6.88. The summed E-state index contributed by atoms with van der Waals surface area (Å²) in [7, 11) is 0. The zero-order chi connectivity index (χ0) is 15.4. The number of benzene rings is 1. The molecule has 2 N–H and O–H groups in total. The van der Waals surface area contributed by atoms with E-state index in [9.17, 15) is 4.79 Å². The SMILES string of the molecule is CCNC(=O)c1ccc(NCc2cc(Br)c(C)s2)c(C)c1. The number of carbonyl (C=O) groups excluding carboxylic acids is 1. The number of carbonyl (C=O) groups is 1. The molecule has 0 saturated heterocycles. The Labute approximate surface area is 137 Å². The van der Waals surface area contributed by atoms with Crippen LogP contribution in [0.4, 0.5) is 5.69 Å². The highest BCUT2D eigenvalue weighted by Gasteiger charge is 2.07. The van der Waals surface area contributed by atoms with Gasteiger partial charge in [-0.05, 0) is 66.5 Å². The smallest absolute Gasteiger partial charge is 0.251 e. The summed E-state index contributed by atoms with van der Waals surface area (Å²) < 4.78 is 1.16. The third-order valence-electron chi connectivity index (χ3n) is 3.19. The van der Waals surface area contributed by atoms with Gasteiger partial charge in [0.15, 0.2) is 0 Å². The predicted molar refractivity (Wildman–Crippen MR) is 93.3 cm³/mol. The van der Waals surface area contributed by atoms with E-state index in [1.165, 1.54) is 9.75 Å². The summed E-state index contributed by atoms with van der Waals surface area (Å²) in [5.41, 5.74) is 2.84. The maximum absolute atomic E-state index is 11.8. The second-order valence-electron chi connectivity index (χ2n) is 4.86. The Morgan fingerprint density at radius 1 is 1.29 bits per heavy atom. The van der Waals surface area contributed by atoms with E-state index in [0.29, 0.717) is 12.1 Å². The topological polar surface area (TPSA) is 41.1 Å². The molecule has 1 aromatic heterocycles. The number of nitrogens with one attached hydrogen (secondary N) is 2. The van der Waals surface area contributed by atoms with Gasteiger partial charge in [0, 0.05) is 38.6 Å². The number of halogens is 1. The van der Waals surface area contributed by atoms with E-state index in [0.717, 1.165) is 22.3 Å². The summed E-state index contributed by atoms with van der Waals surface area (Å²) in [5, 5.41) is 6.24. The normalized spacial score (nSPS) is 10.5. The fourth-order valence-corrected chi connectivity index (χ4v) is 3.59. The average Bonchev–Trinajstić information content (AvgIpc) is 2.76. The first kappa shape index (κ1) is 16.0. The molecule has 2 rings (SSSR count). The van der Waals surface area contributed by atoms with Gasteiger partial charge in [0.2, 0.25) is 0 Å². The van der Waals surface area contributed by atoms with Gasteiger partial charge in [-0.2, -0.15) is 0 Å². The van der Waals surface area contributed by atoms with Crippen molar-refractivity contribution in [3.05, 3.63) is 49.6 Å². The third-order valence-corrected chi connectivity index (χ3v) is 5.32. The van der Waals surface area contributed by atoms with E-state index >= 15 is 0 Å². The second kappa shape index (κ2) is 7.09. The fourth-order valence-electron chi connectivity index (χ4n) is 2.05. The lowest BCUT2D eigenvalue weighted by molar-refractivity contribution is 0.0956. The van der Waals surface area contributed by atoms with E-state index < -0.39 is 0 Å². The summed E-state index contributed by atoms with van der Waals surface area (Å²) in [6.07, 6.45) is 0. The van der Waals surface area contributed by atoms with Gasteiger partial charge in [0.25, 0.3) is 5.91 Å². The molecule has 0 aliphatic carbocycles. The molecule has 112 valence electrons. The molecular formula is C16H19BrN2OS. The van der Waals surface area contributed by atoms with E-state index in [1.54, 1.807) is 11.3 Å². The number of amides is 1. The lowest BCUT2D eigenvalue weighted by atomic mass is 10.1. The molecular weight excluding hydrogens is 348 g/mol. The molecule has 0 atom stereocenters. The van der Waals surface area contributed by atoms with Crippen molar-refractivity contribution in [2.75, 3.05) is 11.9 Å². The van der Waals surface area contributed by atoms with Crippen molar-refractivity contribution in [3.8, 4) is 0 Å². The van der Waals surface area contributed by atoms with Crippen molar-refractivity contribution < 1.29 is 4.79 Å². The maximum Gasteiger partial charge on any atom is 0.251 e. The Bertz CT molecular complexity index is 632. The van der Waals surface area contributed by atoms with Crippen molar-refractivity contribution in [3.63, 3.8) is 0 Å². The third kappa shape index (κ3) is 4.08. The zero-order valence-corrected chi connectivity index (χ0v) is 14.8. The first-order valence-corrected chi connectivity index (χ1v) is 8.49. The number of thiophene rings is 1. The van der Waals surface area contributed by atoms with Crippen LogP contribution in [0.15, 0.2) is 28.7 Å². The molecule has 0 unspecified atom stereocenters. The molecule has 3 nitrogen and oxygen atoms in total. The minimum atomic E-state index is -0.0232. The van der Waals surface area contributed by atoms with Crippen LogP contribution in [0.25, 0.3) is 0 Å². The lowest BCUT2D eigenvalue weighted by Crippen LogP contribution is -2.22. The zero-order valence-electron chi connectivity index (χ0n) is 12.4. The molecule has 5 heteroatoms. The largest absolute Gasteiger partial charge is 0.380 e. The van der Waals surface area contributed by atoms with E-state index in [-0.39, 0.29) is 5.91 Å². The summed E-state index contributed by atoms with van der Waals surface area (Å²) in [6.45, 7) is 7.47. The number of hydrogen-bond donors (Lipinski definition) is 2. The minimum absolute atomic E-state index is 0.0232. The van der Waals surface area contributed by atoms with Crippen molar-refractivity contribution >= 4 is 38.9 Å². The van der Waals surface area contributed by atoms with Gasteiger partial charge < -0.3 is 10.6 Å². The fraction of sp³-hybridized carbons (Fsp3) is 0.312. The van der Waals surface area contributed by atoms with Crippen LogP contribution in [0.2, 0.25) is 0 Å². The first-order chi connectivity index (χ1) is 10.0. The molecule has 1 amide bonds. The highest BCUT2D eigenvalue weighted by atomic mass is 79.9. The number of anilines is 1. The Morgan fingerprint density at radius 2 is 2.05 bits per heavy atom. The summed E-state index contributed by atoms with van der Waals surface area (Å²) in [4.78, 5) is 14.4. The molecule has 1 aromatic carbocycles. The monoisotopic (exact) mass is 366 g/mol. The van der Waals surface area contributed by atoms with Crippen LogP contribution in [0, 0.1) is 13.8 Å². The van der Waals surface area contributed by atoms with Crippen molar-refractivity contribution in [1.29, 1.82) is 0 Å².